The van der Waals surface area contributed by atoms with Crippen molar-refractivity contribution < 1.29 is 19.1 Å². The van der Waals surface area contributed by atoms with Gasteiger partial charge in [0.1, 0.15) is 5.60 Å². The number of piperazine rings is 1. The van der Waals surface area contributed by atoms with E-state index in [-0.39, 0.29) is 24.5 Å². The normalized spacial score (nSPS) is 16.5. The summed E-state index contributed by atoms with van der Waals surface area (Å²) in [5.74, 6) is -0.0843. The third kappa shape index (κ3) is 4.57. The first-order valence-corrected chi connectivity index (χ1v) is 10.6. The summed E-state index contributed by atoms with van der Waals surface area (Å²) in [6.07, 6.45) is 1.26. The molecule has 4 rings (SSSR count). The van der Waals surface area contributed by atoms with Crippen molar-refractivity contribution in [2.24, 2.45) is 0 Å². The number of carbonyl (C=O) groups excluding carboxylic acids is 3. The zero-order valence-corrected chi connectivity index (χ0v) is 18.5. The van der Waals surface area contributed by atoms with Gasteiger partial charge in [0, 0.05) is 32.4 Å². The molecule has 32 heavy (non-hydrogen) atoms. The average Bonchev–Trinajstić information content (AvgIpc) is 2.87. The number of fused-ring (bicyclic) bond motifs is 2. The molecule has 2 aliphatic heterocycles. The van der Waals surface area contributed by atoms with Crippen LogP contribution in [0.3, 0.4) is 0 Å². The van der Waals surface area contributed by atoms with E-state index in [1.165, 1.54) is 4.90 Å². The van der Waals surface area contributed by atoms with E-state index in [4.69, 9.17) is 4.74 Å². The van der Waals surface area contributed by atoms with Crippen molar-refractivity contribution in [3.05, 3.63) is 48.2 Å². The summed E-state index contributed by atoms with van der Waals surface area (Å²) in [5, 5.41) is 2.84. The molecule has 0 saturated carbocycles. The summed E-state index contributed by atoms with van der Waals surface area (Å²) >= 11 is 0. The van der Waals surface area contributed by atoms with Crippen LogP contribution in [0.5, 0.6) is 0 Å². The number of pyridine rings is 1. The molecule has 1 N–H and O–H groups in total. The van der Waals surface area contributed by atoms with E-state index < -0.39 is 5.60 Å². The van der Waals surface area contributed by atoms with E-state index in [0.717, 1.165) is 0 Å². The van der Waals surface area contributed by atoms with Gasteiger partial charge in [-0.3, -0.25) is 19.4 Å². The fraction of sp³-hybridized carbons (Fsp3) is 0.391. The van der Waals surface area contributed by atoms with Gasteiger partial charge in [0.25, 0.3) is 5.91 Å². The maximum atomic E-state index is 13.5. The molecule has 2 aromatic rings. The van der Waals surface area contributed by atoms with Crippen LogP contribution in [0.4, 0.5) is 22.0 Å². The van der Waals surface area contributed by atoms with Crippen LogP contribution in [0.15, 0.2) is 42.6 Å². The van der Waals surface area contributed by atoms with Crippen LogP contribution in [0.2, 0.25) is 0 Å². The topological polar surface area (TPSA) is 95.1 Å². The molecule has 9 heteroatoms. The number of ether oxygens (including phenoxy) is 1. The molecule has 3 amide bonds. The number of nitrogens with one attached hydrogen (secondary N) is 1. The summed E-state index contributed by atoms with van der Waals surface area (Å²) in [4.78, 5) is 48.0. The Morgan fingerprint density at radius 3 is 2.50 bits per heavy atom. The third-order valence-electron chi connectivity index (χ3n) is 5.27. The number of carbonyl (C=O) groups is 3. The number of aromatic nitrogens is 1. The van der Waals surface area contributed by atoms with Crippen LogP contribution in [0.1, 0.15) is 31.1 Å². The molecule has 9 nitrogen and oxygen atoms in total. The average molecular weight is 438 g/mol. The molecular weight excluding hydrogens is 410 g/mol. The Morgan fingerprint density at radius 1 is 1.06 bits per heavy atom. The van der Waals surface area contributed by atoms with Crippen molar-refractivity contribution in [3.63, 3.8) is 0 Å². The van der Waals surface area contributed by atoms with Crippen molar-refractivity contribution in [2.45, 2.75) is 26.4 Å². The highest BCUT2D eigenvalue weighted by molar-refractivity contribution is 6.17. The molecule has 1 saturated heterocycles. The lowest BCUT2D eigenvalue weighted by molar-refractivity contribution is -0.119. The summed E-state index contributed by atoms with van der Waals surface area (Å²) in [6.45, 7) is 7.71. The second-order valence-corrected chi connectivity index (χ2v) is 8.82. The van der Waals surface area contributed by atoms with Crippen molar-refractivity contribution in [1.29, 1.82) is 0 Å². The van der Waals surface area contributed by atoms with Gasteiger partial charge in [-0.25, -0.2) is 9.78 Å². The largest absolute Gasteiger partial charge is 0.444 e. The Hall–Kier alpha value is -3.46. The van der Waals surface area contributed by atoms with Crippen molar-refractivity contribution in [3.8, 4) is 0 Å². The first-order chi connectivity index (χ1) is 15.2. The predicted molar refractivity (Wildman–Crippen MR) is 120 cm³/mol. The number of rotatable bonds is 2. The molecule has 0 aliphatic carbocycles. The van der Waals surface area contributed by atoms with Crippen molar-refractivity contribution in [1.82, 2.24) is 14.8 Å². The summed E-state index contributed by atoms with van der Waals surface area (Å²) in [6, 6.07) is 10.4. The van der Waals surface area contributed by atoms with Gasteiger partial charge in [-0.05, 0) is 45.0 Å². The SMILES string of the molecule is CC(C)(C)OC(=O)N1CCN(CC(=O)N2c3ccccc3C(=O)Nc3cccnc32)CC1. The van der Waals surface area contributed by atoms with Crippen LogP contribution < -0.4 is 10.2 Å². The van der Waals surface area contributed by atoms with Crippen LogP contribution in [-0.2, 0) is 9.53 Å². The van der Waals surface area contributed by atoms with Gasteiger partial charge in [-0.1, -0.05) is 12.1 Å². The number of amides is 3. The first-order valence-electron chi connectivity index (χ1n) is 10.6. The molecule has 0 spiro atoms. The summed E-state index contributed by atoms with van der Waals surface area (Å²) < 4.78 is 5.44. The van der Waals surface area contributed by atoms with Gasteiger partial charge in [0.15, 0.2) is 5.82 Å². The Bertz CT molecular complexity index is 1040. The van der Waals surface area contributed by atoms with E-state index >= 15 is 0 Å². The lowest BCUT2D eigenvalue weighted by Gasteiger charge is -2.36. The summed E-state index contributed by atoms with van der Waals surface area (Å²) in [7, 11) is 0. The first kappa shape index (κ1) is 21.8. The predicted octanol–water partition coefficient (Wildman–Crippen LogP) is 2.86. The fourth-order valence-electron chi connectivity index (χ4n) is 3.77. The van der Waals surface area contributed by atoms with E-state index in [1.54, 1.807) is 47.5 Å². The maximum absolute atomic E-state index is 13.5. The molecule has 168 valence electrons. The van der Waals surface area contributed by atoms with Gasteiger partial charge in [0.05, 0.1) is 23.5 Å². The molecule has 1 fully saturated rings. The number of hydrogen-bond donors (Lipinski definition) is 1. The molecular formula is C23H27N5O4. The Morgan fingerprint density at radius 2 is 1.78 bits per heavy atom. The number of anilines is 3. The second kappa shape index (κ2) is 8.58. The lowest BCUT2D eigenvalue weighted by atomic mass is 10.1. The van der Waals surface area contributed by atoms with Crippen LogP contribution >= 0.6 is 0 Å². The van der Waals surface area contributed by atoms with Gasteiger partial charge in [-0.2, -0.15) is 0 Å². The lowest BCUT2D eigenvalue weighted by Crippen LogP contribution is -2.52. The van der Waals surface area contributed by atoms with Crippen LogP contribution in [0.25, 0.3) is 0 Å². The zero-order valence-electron chi connectivity index (χ0n) is 18.5. The second-order valence-electron chi connectivity index (χ2n) is 8.82. The molecule has 3 heterocycles. The highest BCUT2D eigenvalue weighted by Crippen LogP contribution is 2.36. The van der Waals surface area contributed by atoms with Crippen molar-refractivity contribution >= 4 is 35.1 Å². The monoisotopic (exact) mass is 437 g/mol. The number of para-hydroxylation sites is 1. The molecule has 1 aromatic carbocycles. The fourth-order valence-corrected chi connectivity index (χ4v) is 3.77. The molecule has 0 radical (unpaired) electrons. The Kier molecular flexibility index (Phi) is 5.84. The van der Waals surface area contributed by atoms with Gasteiger partial charge >= 0.3 is 6.09 Å². The van der Waals surface area contributed by atoms with E-state index in [9.17, 15) is 14.4 Å². The molecule has 0 unspecified atom stereocenters. The third-order valence-corrected chi connectivity index (χ3v) is 5.27. The molecule has 1 aromatic heterocycles. The quantitative estimate of drug-likeness (QED) is 0.776. The Balaban J connectivity index is 1.50. The number of benzene rings is 1. The van der Waals surface area contributed by atoms with Gasteiger partial charge in [0.2, 0.25) is 5.91 Å². The number of hydrogen-bond acceptors (Lipinski definition) is 6. The van der Waals surface area contributed by atoms with E-state index in [1.807, 2.05) is 25.7 Å². The zero-order chi connectivity index (χ0) is 22.9. The standard InChI is InChI=1S/C23H27N5O4/c1-23(2,3)32-22(31)27-13-11-26(12-14-27)15-19(29)28-18-9-5-4-7-16(18)21(30)25-17-8-6-10-24-20(17)28/h4-10H,11-15H2,1-3H3,(H,25,30). The Labute approximate surface area is 187 Å². The van der Waals surface area contributed by atoms with Crippen LogP contribution in [-0.4, -0.2) is 71.0 Å². The number of nitrogens with zero attached hydrogens (tertiary/aromatic N) is 4. The molecule has 0 atom stereocenters. The highest BCUT2D eigenvalue weighted by atomic mass is 16.6. The highest BCUT2D eigenvalue weighted by Gasteiger charge is 2.32. The van der Waals surface area contributed by atoms with Gasteiger partial charge < -0.3 is 15.0 Å². The smallest absolute Gasteiger partial charge is 0.410 e. The minimum absolute atomic E-state index is 0.140. The van der Waals surface area contributed by atoms with E-state index in [2.05, 4.69) is 10.3 Å². The van der Waals surface area contributed by atoms with E-state index in [0.29, 0.717) is 48.9 Å². The van der Waals surface area contributed by atoms with Crippen LogP contribution in [0, 0.1) is 0 Å². The molecule has 0 bridgehead atoms. The minimum atomic E-state index is -0.545. The van der Waals surface area contributed by atoms with Gasteiger partial charge in [-0.15, -0.1) is 0 Å². The minimum Gasteiger partial charge on any atom is -0.444 e. The maximum Gasteiger partial charge on any atom is 0.410 e. The van der Waals surface area contributed by atoms with Crippen molar-refractivity contribution in [2.75, 3.05) is 42.9 Å². The molecule has 2 aliphatic rings. The summed E-state index contributed by atoms with van der Waals surface area (Å²) in [5.41, 5.74) is 0.848.